The summed E-state index contributed by atoms with van der Waals surface area (Å²) >= 11 is 0. The molecule has 1 atom stereocenters. The molecule has 0 spiro atoms. The number of nitrogens with zero attached hydrogens (tertiary/aromatic N) is 1. The maximum Gasteiger partial charge on any atom is 0.191 e. The lowest BCUT2D eigenvalue weighted by atomic mass is 10.2. The zero-order valence-electron chi connectivity index (χ0n) is 15.6. The third kappa shape index (κ3) is 11.2. The van der Waals surface area contributed by atoms with E-state index < -0.39 is 6.10 Å². The number of aliphatic hydroxyl groups excluding tert-OH is 1. The van der Waals surface area contributed by atoms with Gasteiger partial charge in [0.15, 0.2) is 5.96 Å². The minimum atomic E-state index is -0.565. The van der Waals surface area contributed by atoms with E-state index in [-0.39, 0.29) is 24.0 Å². The molecule has 0 aliphatic rings. The summed E-state index contributed by atoms with van der Waals surface area (Å²) in [6.07, 6.45) is -0.565. The van der Waals surface area contributed by atoms with Crippen molar-refractivity contribution in [3.63, 3.8) is 0 Å². The van der Waals surface area contributed by atoms with Crippen LogP contribution in [0.15, 0.2) is 29.3 Å². The van der Waals surface area contributed by atoms with Crippen LogP contribution >= 0.6 is 24.0 Å². The Morgan fingerprint density at radius 2 is 2.00 bits per heavy atom. The van der Waals surface area contributed by atoms with Gasteiger partial charge in [-0.1, -0.05) is 26.0 Å². The molecule has 0 amide bonds. The van der Waals surface area contributed by atoms with Gasteiger partial charge in [0.1, 0.15) is 5.75 Å². The molecule has 0 saturated carbocycles. The molecular formula is C18H32IN3O3. The van der Waals surface area contributed by atoms with Crippen molar-refractivity contribution in [3.8, 4) is 5.75 Å². The standard InChI is InChI=1S/C18H31N3O3.HI/c1-5-19-18(21-11-16(22)13-24-12-14(2)3)20-10-15-7-6-8-17(9-15)23-4;/h6-9,14,16,22H,5,10-13H2,1-4H3,(H2,19,20,21);1H. The fourth-order valence-electron chi connectivity index (χ4n) is 2.00. The number of aliphatic hydroxyl groups is 1. The molecule has 1 rings (SSSR count). The van der Waals surface area contributed by atoms with E-state index in [1.165, 1.54) is 0 Å². The molecule has 1 aromatic carbocycles. The fourth-order valence-corrected chi connectivity index (χ4v) is 2.00. The Labute approximate surface area is 168 Å². The SMILES string of the molecule is CCNC(=NCc1cccc(OC)c1)NCC(O)COCC(C)C.I. The predicted molar refractivity (Wildman–Crippen MR) is 113 cm³/mol. The molecule has 0 aliphatic carbocycles. The molecular weight excluding hydrogens is 433 g/mol. The van der Waals surface area contributed by atoms with Crippen molar-refractivity contribution < 1.29 is 14.6 Å². The lowest BCUT2D eigenvalue weighted by Gasteiger charge is -2.16. The van der Waals surface area contributed by atoms with Gasteiger partial charge in [-0.05, 0) is 30.5 Å². The maximum absolute atomic E-state index is 9.95. The Hall–Kier alpha value is -1.06. The fraction of sp³-hybridized carbons (Fsp3) is 0.611. The number of methoxy groups -OCH3 is 1. The normalized spacial score (nSPS) is 12.5. The highest BCUT2D eigenvalue weighted by atomic mass is 127. The average Bonchev–Trinajstić information content (AvgIpc) is 2.57. The highest BCUT2D eigenvalue weighted by Gasteiger charge is 2.06. The zero-order chi connectivity index (χ0) is 17.8. The Balaban J connectivity index is 0.00000576. The molecule has 7 heteroatoms. The summed E-state index contributed by atoms with van der Waals surface area (Å²) in [6, 6.07) is 7.82. The number of ether oxygens (including phenoxy) is 2. The lowest BCUT2D eigenvalue weighted by Crippen LogP contribution is -2.42. The van der Waals surface area contributed by atoms with Gasteiger partial charge in [-0.2, -0.15) is 0 Å². The van der Waals surface area contributed by atoms with Gasteiger partial charge in [0.05, 0.1) is 26.4 Å². The molecule has 0 saturated heterocycles. The highest BCUT2D eigenvalue weighted by molar-refractivity contribution is 14.0. The number of benzene rings is 1. The van der Waals surface area contributed by atoms with Gasteiger partial charge in [0, 0.05) is 19.7 Å². The van der Waals surface area contributed by atoms with Crippen molar-refractivity contribution in [2.45, 2.75) is 33.4 Å². The minimum Gasteiger partial charge on any atom is -0.497 e. The summed E-state index contributed by atoms with van der Waals surface area (Å²) in [7, 11) is 1.65. The summed E-state index contributed by atoms with van der Waals surface area (Å²) in [5, 5.41) is 16.2. The average molecular weight is 465 g/mol. The Morgan fingerprint density at radius 1 is 1.24 bits per heavy atom. The summed E-state index contributed by atoms with van der Waals surface area (Å²) in [5.74, 6) is 1.95. The van der Waals surface area contributed by atoms with E-state index in [2.05, 4.69) is 29.5 Å². The Kier molecular flexibility index (Phi) is 13.5. The molecule has 1 unspecified atom stereocenters. The van der Waals surface area contributed by atoms with Gasteiger partial charge < -0.3 is 25.2 Å². The van der Waals surface area contributed by atoms with Gasteiger partial charge in [0.25, 0.3) is 0 Å². The van der Waals surface area contributed by atoms with Crippen LogP contribution in [0, 0.1) is 5.92 Å². The topological polar surface area (TPSA) is 75.1 Å². The van der Waals surface area contributed by atoms with Crippen LogP contribution in [0.5, 0.6) is 5.75 Å². The van der Waals surface area contributed by atoms with Gasteiger partial charge in [-0.15, -0.1) is 24.0 Å². The van der Waals surface area contributed by atoms with E-state index in [9.17, 15) is 5.11 Å². The summed E-state index contributed by atoms with van der Waals surface area (Å²) < 4.78 is 10.7. The van der Waals surface area contributed by atoms with Gasteiger partial charge in [-0.3, -0.25) is 0 Å². The summed E-state index contributed by atoms with van der Waals surface area (Å²) in [6.45, 7) is 8.82. The van der Waals surface area contributed by atoms with Crippen molar-refractivity contribution in [1.82, 2.24) is 10.6 Å². The quantitative estimate of drug-likeness (QED) is 0.281. The molecule has 144 valence electrons. The number of nitrogens with one attached hydrogen (secondary N) is 2. The maximum atomic E-state index is 9.95. The van der Waals surface area contributed by atoms with Crippen LogP contribution in [0.25, 0.3) is 0 Å². The first-order valence-electron chi connectivity index (χ1n) is 8.46. The number of aliphatic imine (C=N–C) groups is 1. The third-order valence-electron chi connectivity index (χ3n) is 3.16. The number of guanidine groups is 1. The molecule has 0 aromatic heterocycles. The Morgan fingerprint density at radius 3 is 2.64 bits per heavy atom. The van der Waals surface area contributed by atoms with E-state index in [1.54, 1.807) is 7.11 Å². The van der Waals surface area contributed by atoms with Crippen LogP contribution < -0.4 is 15.4 Å². The van der Waals surface area contributed by atoms with Crippen LogP contribution in [-0.4, -0.2) is 50.6 Å². The molecule has 0 bridgehead atoms. The Bertz CT molecular complexity index is 498. The number of halogens is 1. The molecule has 1 aromatic rings. The molecule has 0 aliphatic heterocycles. The van der Waals surface area contributed by atoms with Crippen molar-refractivity contribution in [1.29, 1.82) is 0 Å². The van der Waals surface area contributed by atoms with Gasteiger partial charge in [-0.25, -0.2) is 4.99 Å². The molecule has 0 radical (unpaired) electrons. The van der Waals surface area contributed by atoms with Crippen molar-refractivity contribution in [3.05, 3.63) is 29.8 Å². The highest BCUT2D eigenvalue weighted by Crippen LogP contribution is 2.13. The van der Waals surface area contributed by atoms with E-state index in [0.717, 1.165) is 17.9 Å². The summed E-state index contributed by atoms with van der Waals surface area (Å²) in [4.78, 5) is 4.53. The van der Waals surface area contributed by atoms with Crippen molar-refractivity contribution >= 4 is 29.9 Å². The molecule has 0 fully saturated rings. The number of hydrogen-bond acceptors (Lipinski definition) is 4. The number of rotatable bonds is 10. The molecule has 0 heterocycles. The van der Waals surface area contributed by atoms with Crippen LogP contribution in [0.2, 0.25) is 0 Å². The van der Waals surface area contributed by atoms with Gasteiger partial charge >= 0.3 is 0 Å². The van der Waals surface area contributed by atoms with Crippen LogP contribution in [0.3, 0.4) is 0 Å². The first-order chi connectivity index (χ1) is 11.5. The van der Waals surface area contributed by atoms with Crippen molar-refractivity contribution in [2.24, 2.45) is 10.9 Å². The molecule has 25 heavy (non-hydrogen) atoms. The smallest absolute Gasteiger partial charge is 0.191 e. The van der Waals surface area contributed by atoms with E-state index in [1.807, 2.05) is 31.2 Å². The van der Waals surface area contributed by atoms with E-state index in [0.29, 0.717) is 38.2 Å². The molecule has 3 N–H and O–H groups in total. The monoisotopic (exact) mass is 465 g/mol. The third-order valence-corrected chi connectivity index (χ3v) is 3.16. The predicted octanol–water partition coefficient (Wildman–Crippen LogP) is 2.40. The van der Waals surface area contributed by atoms with Crippen molar-refractivity contribution in [2.75, 3.05) is 33.4 Å². The second kappa shape index (κ2) is 14.1. The first-order valence-corrected chi connectivity index (χ1v) is 8.46. The zero-order valence-corrected chi connectivity index (χ0v) is 17.9. The summed E-state index contributed by atoms with van der Waals surface area (Å²) in [5.41, 5.74) is 1.06. The van der Waals surface area contributed by atoms with Crippen LogP contribution in [0.1, 0.15) is 26.3 Å². The van der Waals surface area contributed by atoms with Crippen LogP contribution in [0.4, 0.5) is 0 Å². The van der Waals surface area contributed by atoms with E-state index >= 15 is 0 Å². The second-order valence-electron chi connectivity index (χ2n) is 6.01. The first kappa shape index (κ1) is 23.9. The molecule has 6 nitrogen and oxygen atoms in total. The minimum absolute atomic E-state index is 0. The van der Waals surface area contributed by atoms with Gasteiger partial charge in [0.2, 0.25) is 0 Å². The van der Waals surface area contributed by atoms with Crippen LogP contribution in [-0.2, 0) is 11.3 Å². The number of hydrogen-bond donors (Lipinski definition) is 3. The largest absolute Gasteiger partial charge is 0.497 e. The van der Waals surface area contributed by atoms with E-state index in [4.69, 9.17) is 9.47 Å². The lowest BCUT2D eigenvalue weighted by molar-refractivity contribution is 0.0280. The second-order valence-corrected chi connectivity index (χ2v) is 6.01.